The van der Waals surface area contributed by atoms with E-state index in [1.54, 1.807) is 31.8 Å². The Morgan fingerprint density at radius 3 is 1.15 bits per heavy atom. The van der Waals surface area contributed by atoms with Crippen LogP contribution in [0, 0.1) is 0 Å². The van der Waals surface area contributed by atoms with Crippen LogP contribution in [0.15, 0.2) is 41.7 Å². The molecule has 0 aliphatic carbocycles. The predicted octanol–water partition coefficient (Wildman–Crippen LogP) is 10.3. The van der Waals surface area contributed by atoms with Crippen molar-refractivity contribution < 1.29 is 0 Å². The van der Waals surface area contributed by atoms with Crippen LogP contribution in [0.2, 0.25) is 26.6 Å². The standard InChI is InChI=1S/C4H3BrN2.C4H3N2.6C4H9.Li.2Sn/c5-4-6-2-1-3-7-4;1-2-5-4-6-3-1;6*1-3-4-2;;;/h1-3H;1-3H;6*1,3-4H2,2H3;;;. The van der Waals surface area contributed by atoms with Crippen LogP contribution >= 0.6 is 15.9 Å². The van der Waals surface area contributed by atoms with Gasteiger partial charge in [0.25, 0.3) is 0 Å². The molecular weight excluding hydrogens is 765 g/mol. The summed E-state index contributed by atoms with van der Waals surface area (Å²) in [4.78, 5) is 17.0. The van der Waals surface area contributed by atoms with Crippen LogP contribution in [0.3, 0.4) is 0 Å². The van der Waals surface area contributed by atoms with Gasteiger partial charge in [-0.1, -0.05) is 0 Å². The number of halogens is 1. The molecule has 2 aromatic heterocycles. The number of hydrogen-bond donors (Lipinski definition) is 0. The summed E-state index contributed by atoms with van der Waals surface area (Å²) in [6, 6.07) is 3.73. The van der Waals surface area contributed by atoms with E-state index in [1.165, 1.54) is 94.2 Å². The van der Waals surface area contributed by atoms with Gasteiger partial charge in [-0.05, 0) is 22.0 Å². The third-order valence-corrected chi connectivity index (χ3v) is 31.4. The van der Waals surface area contributed by atoms with Crippen LogP contribution in [-0.2, 0) is 0 Å². The third-order valence-electron chi connectivity index (χ3n) is 7.25. The van der Waals surface area contributed by atoms with Crippen molar-refractivity contribution in [2.24, 2.45) is 0 Å². The Balaban J connectivity index is 0. The van der Waals surface area contributed by atoms with Gasteiger partial charge in [0.05, 0.1) is 0 Å². The molecule has 0 unspecified atom stereocenters. The van der Waals surface area contributed by atoms with Crippen molar-refractivity contribution in [3.63, 3.8) is 0 Å². The Kier molecular flexibility index (Phi) is 33.6. The van der Waals surface area contributed by atoms with Gasteiger partial charge in [0.1, 0.15) is 0 Å². The Bertz CT molecular complexity index is 718. The van der Waals surface area contributed by atoms with Gasteiger partial charge >= 0.3 is 216 Å². The Morgan fingerprint density at radius 2 is 0.875 bits per heavy atom. The van der Waals surface area contributed by atoms with Gasteiger partial charge in [-0.15, -0.1) is 0 Å². The topological polar surface area (TPSA) is 51.6 Å². The fourth-order valence-corrected chi connectivity index (χ4v) is 29.3. The van der Waals surface area contributed by atoms with Crippen LogP contribution in [0.4, 0.5) is 0 Å². The smallest absolute Gasteiger partial charge is 0 e. The monoisotopic (exact) mass is 826 g/mol. The number of nitrogens with zero attached hydrogens (tertiary/aromatic N) is 4. The fourth-order valence-electron chi connectivity index (χ4n) is 4.77. The molecule has 0 amide bonds. The van der Waals surface area contributed by atoms with Crippen LogP contribution in [0.25, 0.3) is 0 Å². The van der Waals surface area contributed by atoms with E-state index in [4.69, 9.17) is 9.97 Å². The predicted molar refractivity (Wildman–Crippen MR) is 187 cm³/mol. The third kappa shape index (κ3) is 22.4. The summed E-state index contributed by atoms with van der Waals surface area (Å²) in [5, 5.41) is 0. The van der Waals surface area contributed by atoms with Crippen LogP contribution in [0.5, 0.6) is 0 Å². The van der Waals surface area contributed by atoms with Gasteiger partial charge in [-0.3, -0.25) is 0 Å². The quantitative estimate of drug-likeness (QED) is 0.105. The zero-order valence-electron chi connectivity index (χ0n) is 27.4. The minimum atomic E-state index is -2.32. The normalized spacial score (nSPS) is 10.7. The first-order valence-electron chi connectivity index (χ1n) is 16.1. The first kappa shape index (κ1) is 43.0. The van der Waals surface area contributed by atoms with E-state index < -0.39 is 38.1 Å². The first-order valence-corrected chi connectivity index (χ1v) is 30.4. The molecular formula is C32H60BrLiN4Sn2. The number of hydrogen-bond acceptors (Lipinski definition) is 4. The van der Waals surface area contributed by atoms with Crippen molar-refractivity contribution in [2.75, 3.05) is 0 Å². The maximum absolute atomic E-state index is 4.69. The molecule has 2 heterocycles. The number of rotatable bonds is 19. The molecule has 0 bridgehead atoms. The second-order valence-corrected chi connectivity index (χ2v) is 32.9. The van der Waals surface area contributed by atoms with Crippen LogP contribution in [-0.4, -0.2) is 76.9 Å². The molecule has 0 spiro atoms. The zero-order chi connectivity index (χ0) is 29.0. The van der Waals surface area contributed by atoms with E-state index in [-0.39, 0.29) is 18.9 Å². The maximum atomic E-state index is 4.69. The van der Waals surface area contributed by atoms with E-state index in [0.29, 0.717) is 4.73 Å². The summed E-state index contributed by atoms with van der Waals surface area (Å²) < 4.78 is 11.3. The SMILES string of the molecule is Brc1ncccn1.CCC[CH2][Sn]([CH2]CCC)([CH2]CCC)[c]1ncccn1.CCC[CH2][Sn]([CH2]CCC)[CH2]CCC.[Li]. The van der Waals surface area contributed by atoms with E-state index in [1.807, 2.05) is 18.5 Å². The number of aromatic nitrogens is 4. The summed E-state index contributed by atoms with van der Waals surface area (Å²) in [5.41, 5.74) is 0. The molecule has 0 saturated heterocycles. The van der Waals surface area contributed by atoms with Gasteiger partial charge < -0.3 is 0 Å². The minimum absolute atomic E-state index is 0. The second-order valence-electron chi connectivity index (χ2n) is 10.7. The molecule has 0 atom stereocenters. The van der Waals surface area contributed by atoms with Gasteiger partial charge in [0, 0.05) is 31.3 Å². The van der Waals surface area contributed by atoms with E-state index in [9.17, 15) is 0 Å². The summed E-state index contributed by atoms with van der Waals surface area (Å²) in [6.07, 6.45) is 24.2. The first-order chi connectivity index (χ1) is 19.0. The van der Waals surface area contributed by atoms with Crippen molar-refractivity contribution in [1.82, 2.24) is 19.9 Å². The summed E-state index contributed by atoms with van der Waals surface area (Å²) in [5.74, 6) is 0. The summed E-state index contributed by atoms with van der Waals surface area (Å²) in [6.45, 7) is 13.9. The Morgan fingerprint density at radius 1 is 0.550 bits per heavy atom. The summed E-state index contributed by atoms with van der Waals surface area (Å²) in [7, 11) is 0. The van der Waals surface area contributed by atoms with E-state index >= 15 is 0 Å². The van der Waals surface area contributed by atoms with Crippen LogP contribution in [0.1, 0.15) is 119 Å². The van der Waals surface area contributed by atoms with Gasteiger partial charge in [0.2, 0.25) is 0 Å². The van der Waals surface area contributed by atoms with Crippen molar-refractivity contribution >= 4 is 76.8 Å². The van der Waals surface area contributed by atoms with E-state index in [0.717, 1.165) is 0 Å². The molecule has 40 heavy (non-hydrogen) atoms. The molecule has 0 aliphatic rings. The molecule has 0 aromatic carbocycles. The van der Waals surface area contributed by atoms with Crippen molar-refractivity contribution in [3.05, 3.63) is 41.7 Å². The van der Waals surface area contributed by atoms with Crippen LogP contribution < -0.4 is 3.84 Å². The molecule has 224 valence electrons. The van der Waals surface area contributed by atoms with Crippen molar-refractivity contribution in [3.8, 4) is 0 Å². The Hall–Kier alpha value is 0.835. The van der Waals surface area contributed by atoms with Gasteiger partial charge in [-0.25, -0.2) is 9.97 Å². The molecule has 2 rings (SSSR count). The molecule has 4 nitrogen and oxygen atoms in total. The zero-order valence-corrected chi connectivity index (χ0v) is 34.7. The molecule has 2 aromatic rings. The molecule has 2 radical (unpaired) electrons. The van der Waals surface area contributed by atoms with Crippen molar-refractivity contribution in [2.45, 2.75) is 145 Å². The number of unbranched alkanes of at least 4 members (excludes halogenated alkanes) is 6. The average molecular weight is 825 g/mol. The van der Waals surface area contributed by atoms with Gasteiger partial charge in [0.15, 0.2) is 4.73 Å². The minimum Gasteiger partial charge on any atom is 0 e. The second kappa shape index (κ2) is 31.3. The van der Waals surface area contributed by atoms with E-state index in [2.05, 4.69) is 67.4 Å². The fraction of sp³-hybridized carbons (Fsp3) is 0.750. The molecule has 0 saturated carbocycles. The largest absolute Gasteiger partial charge is 0 e. The molecule has 0 N–H and O–H groups in total. The molecule has 8 heteroatoms. The molecule has 0 aliphatic heterocycles. The average Bonchev–Trinajstić information content (AvgIpc) is 2.98. The molecule has 0 fully saturated rings. The maximum Gasteiger partial charge on any atom is 0 e. The van der Waals surface area contributed by atoms with Crippen molar-refractivity contribution in [1.29, 1.82) is 0 Å². The summed E-state index contributed by atoms with van der Waals surface area (Å²) >= 11 is -0.0683. The Labute approximate surface area is 280 Å². The van der Waals surface area contributed by atoms with Gasteiger partial charge in [-0.2, -0.15) is 0 Å².